The SMILES string of the molecule is CI.Cc1ccccc1N. The van der Waals surface area contributed by atoms with Gasteiger partial charge in [-0.1, -0.05) is 40.8 Å². The Kier molecular flexibility index (Phi) is 5.39. The summed E-state index contributed by atoms with van der Waals surface area (Å²) in [6.07, 6.45) is 0. The number of alkyl halides is 1. The molecule has 0 bridgehead atoms. The van der Waals surface area contributed by atoms with Crippen LogP contribution in [0, 0.1) is 6.92 Å². The van der Waals surface area contributed by atoms with Gasteiger partial charge in [0.1, 0.15) is 0 Å². The van der Waals surface area contributed by atoms with Crippen molar-refractivity contribution in [2.75, 3.05) is 10.7 Å². The van der Waals surface area contributed by atoms with Gasteiger partial charge in [-0.3, -0.25) is 0 Å². The molecule has 0 aliphatic heterocycles. The average Bonchev–Trinajstić information content (AvgIpc) is 2.00. The smallest absolute Gasteiger partial charge is 0.0343 e. The molecule has 0 atom stereocenters. The van der Waals surface area contributed by atoms with E-state index in [9.17, 15) is 0 Å². The molecule has 0 radical (unpaired) electrons. The molecule has 0 aliphatic rings. The van der Waals surface area contributed by atoms with Crippen molar-refractivity contribution in [3.63, 3.8) is 0 Å². The van der Waals surface area contributed by atoms with Crippen LogP contribution in [-0.2, 0) is 0 Å². The maximum Gasteiger partial charge on any atom is 0.0343 e. The third-order valence-electron chi connectivity index (χ3n) is 1.19. The maximum atomic E-state index is 5.52. The lowest BCUT2D eigenvalue weighted by Crippen LogP contribution is -1.85. The highest BCUT2D eigenvalue weighted by atomic mass is 127. The monoisotopic (exact) mass is 249 g/mol. The third-order valence-corrected chi connectivity index (χ3v) is 1.19. The van der Waals surface area contributed by atoms with Gasteiger partial charge in [-0.25, -0.2) is 0 Å². The van der Waals surface area contributed by atoms with Gasteiger partial charge in [-0.2, -0.15) is 0 Å². The number of halogens is 1. The topological polar surface area (TPSA) is 26.0 Å². The lowest BCUT2D eigenvalue weighted by Gasteiger charge is -1.93. The molecule has 0 heterocycles. The van der Waals surface area contributed by atoms with Crippen molar-refractivity contribution < 1.29 is 0 Å². The fraction of sp³-hybridized carbons (Fsp3) is 0.250. The second-order valence-electron chi connectivity index (χ2n) is 1.86. The van der Waals surface area contributed by atoms with Crippen LogP contribution in [0.3, 0.4) is 0 Å². The number of hydrogen-bond donors (Lipinski definition) is 1. The summed E-state index contributed by atoms with van der Waals surface area (Å²) in [5.41, 5.74) is 7.53. The van der Waals surface area contributed by atoms with Crippen molar-refractivity contribution in [1.29, 1.82) is 0 Å². The van der Waals surface area contributed by atoms with E-state index in [1.165, 1.54) is 0 Å². The summed E-state index contributed by atoms with van der Waals surface area (Å²) in [6, 6.07) is 7.80. The van der Waals surface area contributed by atoms with Crippen LogP contribution < -0.4 is 5.73 Å². The minimum absolute atomic E-state index is 0.868. The molecule has 0 aromatic heterocycles. The van der Waals surface area contributed by atoms with E-state index in [2.05, 4.69) is 22.6 Å². The van der Waals surface area contributed by atoms with Crippen molar-refractivity contribution in [3.8, 4) is 0 Å². The zero-order valence-electron chi connectivity index (χ0n) is 6.26. The van der Waals surface area contributed by atoms with E-state index in [1.54, 1.807) is 0 Å². The Morgan fingerprint density at radius 1 is 1.20 bits per heavy atom. The molecule has 1 aromatic rings. The third kappa shape index (κ3) is 3.06. The number of para-hydroxylation sites is 1. The van der Waals surface area contributed by atoms with Crippen molar-refractivity contribution >= 4 is 28.3 Å². The van der Waals surface area contributed by atoms with Crippen LogP contribution in [0.15, 0.2) is 24.3 Å². The van der Waals surface area contributed by atoms with Gasteiger partial charge in [0.2, 0.25) is 0 Å². The molecule has 1 aromatic carbocycles. The Bertz CT molecular complexity index is 165. The standard InChI is InChI=1S/C7H9N.CH3I/c1-6-4-2-3-5-7(6)8;1-2/h2-5H,8H2,1H3;1H3. The predicted octanol–water partition coefficient (Wildman–Crippen LogP) is 2.63. The van der Waals surface area contributed by atoms with Gasteiger partial charge >= 0.3 is 0 Å². The van der Waals surface area contributed by atoms with Crippen LogP contribution in [0.2, 0.25) is 0 Å². The van der Waals surface area contributed by atoms with Gasteiger partial charge in [-0.05, 0) is 23.5 Å². The summed E-state index contributed by atoms with van der Waals surface area (Å²) >= 11 is 2.15. The zero-order valence-corrected chi connectivity index (χ0v) is 8.42. The second kappa shape index (κ2) is 5.53. The Labute approximate surface area is 75.8 Å². The Hall–Kier alpha value is -0.250. The van der Waals surface area contributed by atoms with Crippen molar-refractivity contribution in [1.82, 2.24) is 0 Å². The average molecular weight is 249 g/mol. The molecule has 0 aliphatic carbocycles. The van der Waals surface area contributed by atoms with Crippen LogP contribution in [-0.4, -0.2) is 4.93 Å². The highest BCUT2D eigenvalue weighted by molar-refractivity contribution is 14.1. The van der Waals surface area contributed by atoms with Crippen LogP contribution in [0.4, 0.5) is 5.69 Å². The van der Waals surface area contributed by atoms with E-state index in [4.69, 9.17) is 5.73 Å². The summed E-state index contributed by atoms with van der Waals surface area (Å²) in [7, 11) is 0. The zero-order chi connectivity index (χ0) is 7.98. The molecule has 2 heteroatoms. The number of hydrogen-bond acceptors (Lipinski definition) is 1. The fourth-order valence-corrected chi connectivity index (χ4v) is 0.587. The number of benzene rings is 1. The molecular weight excluding hydrogens is 237 g/mol. The lowest BCUT2D eigenvalue weighted by atomic mass is 10.2. The minimum Gasteiger partial charge on any atom is -0.399 e. The maximum absolute atomic E-state index is 5.52. The number of anilines is 1. The first-order chi connectivity index (χ1) is 4.80. The van der Waals surface area contributed by atoms with Crippen molar-refractivity contribution in [2.45, 2.75) is 6.92 Å². The van der Waals surface area contributed by atoms with E-state index >= 15 is 0 Å². The number of rotatable bonds is 0. The summed E-state index contributed by atoms with van der Waals surface area (Å²) in [6.45, 7) is 2.00. The minimum atomic E-state index is 0.868. The largest absolute Gasteiger partial charge is 0.399 e. The molecule has 0 fully saturated rings. The molecule has 0 saturated carbocycles. The summed E-state index contributed by atoms with van der Waals surface area (Å²) in [5, 5.41) is 0. The van der Waals surface area contributed by atoms with E-state index in [0.29, 0.717) is 0 Å². The first-order valence-electron chi connectivity index (χ1n) is 2.99. The van der Waals surface area contributed by atoms with Gasteiger partial charge in [-0.15, -0.1) is 0 Å². The van der Waals surface area contributed by atoms with E-state index in [1.807, 2.05) is 36.1 Å². The van der Waals surface area contributed by atoms with Crippen LogP contribution in [0.25, 0.3) is 0 Å². The molecule has 10 heavy (non-hydrogen) atoms. The molecule has 0 spiro atoms. The number of nitrogen functional groups attached to an aromatic ring is 1. The van der Waals surface area contributed by atoms with Crippen molar-refractivity contribution in [2.24, 2.45) is 0 Å². The first-order valence-corrected chi connectivity index (χ1v) is 5.15. The summed E-state index contributed by atoms with van der Waals surface area (Å²) < 4.78 is 0. The molecule has 2 N–H and O–H groups in total. The number of nitrogens with two attached hydrogens (primary N) is 1. The van der Waals surface area contributed by atoms with Gasteiger partial charge in [0.15, 0.2) is 0 Å². The van der Waals surface area contributed by atoms with Crippen LogP contribution in [0.1, 0.15) is 5.56 Å². The van der Waals surface area contributed by atoms with Crippen LogP contribution >= 0.6 is 22.6 Å². The molecule has 0 saturated heterocycles. The van der Waals surface area contributed by atoms with E-state index in [-0.39, 0.29) is 0 Å². The van der Waals surface area contributed by atoms with Gasteiger partial charge < -0.3 is 5.73 Å². The molecule has 1 nitrogen and oxygen atoms in total. The van der Waals surface area contributed by atoms with Gasteiger partial charge in [0.25, 0.3) is 0 Å². The molecule has 0 amide bonds. The molecule has 56 valence electrons. The van der Waals surface area contributed by atoms with Crippen molar-refractivity contribution in [3.05, 3.63) is 29.8 Å². The van der Waals surface area contributed by atoms with Crippen LogP contribution in [0.5, 0.6) is 0 Å². The lowest BCUT2D eigenvalue weighted by molar-refractivity contribution is 1.47. The summed E-state index contributed by atoms with van der Waals surface area (Å²) in [5.74, 6) is 0. The van der Waals surface area contributed by atoms with E-state index < -0.39 is 0 Å². The molecule has 0 unspecified atom stereocenters. The summed E-state index contributed by atoms with van der Waals surface area (Å²) in [4.78, 5) is 1.97. The number of aryl methyl sites for hydroxylation is 1. The molecular formula is C8H12IN. The van der Waals surface area contributed by atoms with E-state index in [0.717, 1.165) is 11.3 Å². The van der Waals surface area contributed by atoms with Gasteiger partial charge in [0.05, 0.1) is 0 Å². The first kappa shape index (κ1) is 9.75. The molecule has 1 rings (SSSR count). The van der Waals surface area contributed by atoms with Gasteiger partial charge in [0, 0.05) is 5.69 Å². The quantitative estimate of drug-likeness (QED) is 0.427. The fourth-order valence-electron chi connectivity index (χ4n) is 0.587. The Morgan fingerprint density at radius 3 is 2.00 bits per heavy atom. The Balaban J connectivity index is 0.000000371. The highest BCUT2D eigenvalue weighted by Gasteiger charge is 1.84. The highest BCUT2D eigenvalue weighted by Crippen LogP contribution is 2.06. The predicted molar refractivity (Wildman–Crippen MR) is 55.5 cm³/mol. The normalized spacial score (nSPS) is 7.90. The Morgan fingerprint density at radius 2 is 1.70 bits per heavy atom. The second-order valence-corrected chi connectivity index (χ2v) is 1.86.